The highest BCUT2D eigenvalue weighted by Gasteiger charge is 2.32. The number of piperidine rings is 2. The zero-order valence-electron chi connectivity index (χ0n) is 16.1. The van der Waals surface area contributed by atoms with E-state index < -0.39 is 0 Å². The van der Waals surface area contributed by atoms with Crippen LogP contribution in [0.1, 0.15) is 69.8 Å². The smallest absolute Gasteiger partial charge is 0.0120 e. The van der Waals surface area contributed by atoms with Crippen molar-refractivity contribution in [3.8, 4) is 0 Å². The van der Waals surface area contributed by atoms with E-state index in [-0.39, 0.29) is 0 Å². The van der Waals surface area contributed by atoms with Crippen LogP contribution in [0.4, 0.5) is 0 Å². The fourth-order valence-electron chi connectivity index (χ4n) is 5.67. The summed E-state index contributed by atoms with van der Waals surface area (Å²) in [5.74, 6) is 1.73. The lowest BCUT2D eigenvalue weighted by Crippen LogP contribution is -2.50. The monoisotopic (exact) mass is 340 g/mol. The second kappa shape index (κ2) is 8.22. The fraction of sp³-hybridized carbons (Fsp3) is 0.739. The van der Waals surface area contributed by atoms with E-state index in [0.717, 1.165) is 23.9 Å². The van der Waals surface area contributed by atoms with Crippen molar-refractivity contribution < 1.29 is 0 Å². The van der Waals surface area contributed by atoms with Gasteiger partial charge in [-0.1, -0.05) is 37.3 Å². The Morgan fingerprint density at radius 3 is 2.08 bits per heavy atom. The van der Waals surface area contributed by atoms with Gasteiger partial charge < -0.3 is 9.80 Å². The van der Waals surface area contributed by atoms with Crippen molar-refractivity contribution >= 4 is 0 Å². The first-order valence-electron chi connectivity index (χ1n) is 10.8. The van der Waals surface area contributed by atoms with E-state index in [0.29, 0.717) is 0 Å². The standard InChI is InChI=1S/C23H36N2/c1-19-6-5-15-25(18-19)23-13-16-24(17-14-23)22-11-9-21(10-12-22)20-7-3-2-4-8-20/h2-4,7-8,19,21-23H,5-6,9-18H2,1H3. The lowest BCUT2D eigenvalue weighted by molar-refractivity contribution is 0.0494. The molecule has 1 aliphatic carbocycles. The minimum atomic E-state index is 0.810. The Hall–Kier alpha value is -0.860. The summed E-state index contributed by atoms with van der Waals surface area (Å²) in [7, 11) is 0. The maximum Gasteiger partial charge on any atom is 0.0120 e. The van der Waals surface area contributed by atoms with E-state index >= 15 is 0 Å². The van der Waals surface area contributed by atoms with E-state index in [2.05, 4.69) is 47.1 Å². The Balaban J connectivity index is 1.24. The van der Waals surface area contributed by atoms with Crippen LogP contribution in [-0.4, -0.2) is 48.1 Å². The van der Waals surface area contributed by atoms with Crippen LogP contribution >= 0.6 is 0 Å². The van der Waals surface area contributed by atoms with Crippen molar-refractivity contribution in [3.63, 3.8) is 0 Å². The van der Waals surface area contributed by atoms with Gasteiger partial charge in [0.1, 0.15) is 0 Å². The molecule has 25 heavy (non-hydrogen) atoms. The Morgan fingerprint density at radius 2 is 1.40 bits per heavy atom. The van der Waals surface area contributed by atoms with E-state index in [1.165, 1.54) is 77.5 Å². The Morgan fingerprint density at radius 1 is 0.720 bits per heavy atom. The number of rotatable bonds is 3. The molecule has 0 spiro atoms. The highest BCUT2D eigenvalue weighted by atomic mass is 15.2. The zero-order chi connectivity index (χ0) is 17.1. The summed E-state index contributed by atoms with van der Waals surface area (Å²) in [6, 6.07) is 12.9. The number of hydrogen-bond acceptors (Lipinski definition) is 2. The Labute approximate surface area is 154 Å². The maximum absolute atomic E-state index is 2.84. The Bertz CT molecular complexity index is 512. The van der Waals surface area contributed by atoms with Gasteiger partial charge in [0.2, 0.25) is 0 Å². The van der Waals surface area contributed by atoms with Gasteiger partial charge in [-0.25, -0.2) is 0 Å². The van der Waals surface area contributed by atoms with Crippen LogP contribution < -0.4 is 0 Å². The average molecular weight is 341 g/mol. The molecule has 0 radical (unpaired) electrons. The van der Waals surface area contributed by atoms with Gasteiger partial charge in [0.25, 0.3) is 0 Å². The molecular weight excluding hydrogens is 304 g/mol. The van der Waals surface area contributed by atoms with Gasteiger partial charge in [-0.3, -0.25) is 0 Å². The Kier molecular flexibility index (Phi) is 5.77. The molecule has 3 fully saturated rings. The molecule has 0 bridgehead atoms. The molecule has 1 unspecified atom stereocenters. The van der Waals surface area contributed by atoms with Crippen LogP contribution in [0, 0.1) is 5.92 Å². The average Bonchev–Trinajstić information content (AvgIpc) is 2.69. The van der Waals surface area contributed by atoms with Crippen molar-refractivity contribution in [1.29, 1.82) is 0 Å². The molecule has 0 amide bonds. The van der Waals surface area contributed by atoms with Crippen LogP contribution in [0.3, 0.4) is 0 Å². The molecule has 0 N–H and O–H groups in total. The van der Waals surface area contributed by atoms with E-state index in [4.69, 9.17) is 0 Å². The topological polar surface area (TPSA) is 6.48 Å². The summed E-state index contributed by atoms with van der Waals surface area (Å²) in [6.07, 6.45) is 11.3. The predicted octanol–water partition coefficient (Wildman–Crippen LogP) is 4.91. The quantitative estimate of drug-likeness (QED) is 0.771. The predicted molar refractivity (Wildman–Crippen MR) is 106 cm³/mol. The number of likely N-dealkylation sites (tertiary alicyclic amines) is 2. The fourth-order valence-corrected chi connectivity index (χ4v) is 5.67. The third-order valence-corrected chi connectivity index (χ3v) is 7.19. The molecule has 1 aromatic rings. The zero-order valence-corrected chi connectivity index (χ0v) is 16.1. The molecular formula is C23H36N2. The molecule has 1 saturated carbocycles. The van der Waals surface area contributed by atoms with Gasteiger partial charge in [0, 0.05) is 18.6 Å². The lowest BCUT2D eigenvalue weighted by Gasteiger charge is -2.45. The SMILES string of the molecule is CC1CCCN(C2CCN(C3CCC(c4ccccc4)CC3)CC2)C1. The van der Waals surface area contributed by atoms with Crippen LogP contribution in [-0.2, 0) is 0 Å². The van der Waals surface area contributed by atoms with Crippen molar-refractivity contribution in [2.45, 2.75) is 76.3 Å². The van der Waals surface area contributed by atoms with Gasteiger partial charge in [0.15, 0.2) is 0 Å². The molecule has 2 heterocycles. The molecule has 2 saturated heterocycles. The maximum atomic E-state index is 2.84. The minimum absolute atomic E-state index is 0.810. The molecule has 2 aliphatic heterocycles. The summed E-state index contributed by atoms with van der Waals surface area (Å²) in [4.78, 5) is 5.66. The third-order valence-electron chi connectivity index (χ3n) is 7.19. The summed E-state index contributed by atoms with van der Waals surface area (Å²) >= 11 is 0. The van der Waals surface area contributed by atoms with Crippen LogP contribution in [0.15, 0.2) is 30.3 Å². The molecule has 0 aromatic heterocycles. The van der Waals surface area contributed by atoms with Crippen LogP contribution in [0.25, 0.3) is 0 Å². The molecule has 2 nitrogen and oxygen atoms in total. The molecule has 138 valence electrons. The molecule has 2 heteroatoms. The van der Waals surface area contributed by atoms with Gasteiger partial charge in [-0.2, -0.15) is 0 Å². The van der Waals surface area contributed by atoms with Gasteiger partial charge >= 0.3 is 0 Å². The lowest BCUT2D eigenvalue weighted by atomic mass is 9.80. The summed E-state index contributed by atoms with van der Waals surface area (Å²) in [5.41, 5.74) is 1.57. The van der Waals surface area contributed by atoms with Gasteiger partial charge in [-0.15, -0.1) is 0 Å². The first-order valence-corrected chi connectivity index (χ1v) is 10.8. The van der Waals surface area contributed by atoms with Gasteiger partial charge in [0.05, 0.1) is 0 Å². The number of benzene rings is 1. The highest BCUT2D eigenvalue weighted by Crippen LogP contribution is 2.36. The van der Waals surface area contributed by atoms with Crippen LogP contribution in [0.5, 0.6) is 0 Å². The van der Waals surface area contributed by atoms with Crippen molar-refractivity contribution in [2.75, 3.05) is 26.2 Å². The first-order chi connectivity index (χ1) is 12.3. The minimum Gasteiger partial charge on any atom is -0.300 e. The molecule has 3 aliphatic rings. The number of nitrogens with zero attached hydrogens (tertiary/aromatic N) is 2. The third kappa shape index (κ3) is 4.28. The van der Waals surface area contributed by atoms with E-state index in [9.17, 15) is 0 Å². The van der Waals surface area contributed by atoms with Crippen LogP contribution in [0.2, 0.25) is 0 Å². The van der Waals surface area contributed by atoms with E-state index in [1.807, 2.05) is 0 Å². The largest absolute Gasteiger partial charge is 0.300 e. The summed E-state index contributed by atoms with van der Waals surface area (Å²) < 4.78 is 0. The molecule has 1 atom stereocenters. The summed E-state index contributed by atoms with van der Waals surface area (Å²) in [5, 5.41) is 0. The summed E-state index contributed by atoms with van der Waals surface area (Å²) in [6.45, 7) is 7.84. The normalized spacial score (nSPS) is 33.4. The van der Waals surface area contributed by atoms with Crippen molar-refractivity contribution in [2.24, 2.45) is 5.92 Å². The van der Waals surface area contributed by atoms with Crippen molar-refractivity contribution in [3.05, 3.63) is 35.9 Å². The second-order valence-electron chi connectivity index (χ2n) is 8.93. The molecule has 1 aromatic carbocycles. The first kappa shape index (κ1) is 17.5. The van der Waals surface area contributed by atoms with Gasteiger partial charge in [-0.05, 0) is 88.4 Å². The highest BCUT2D eigenvalue weighted by molar-refractivity contribution is 5.20. The number of hydrogen-bond donors (Lipinski definition) is 0. The van der Waals surface area contributed by atoms with E-state index in [1.54, 1.807) is 5.56 Å². The molecule has 4 rings (SSSR count). The second-order valence-corrected chi connectivity index (χ2v) is 8.93. The van der Waals surface area contributed by atoms with Crippen molar-refractivity contribution in [1.82, 2.24) is 9.80 Å².